The Hall–Kier alpha value is -1.73. The van der Waals surface area contributed by atoms with Gasteiger partial charge in [-0.05, 0) is 25.5 Å². The Morgan fingerprint density at radius 2 is 2.38 bits per heavy atom. The molecule has 1 atom stereocenters. The SMILES string of the molecule is COCCN(CC1CCCN1)c1ccnc(C(=O)OC)n1. The van der Waals surface area contributed by atoms with E-state index in [-0.39, 0.29) is 5.82 Å². The van der Waals surface area contributed by atoms with Gasteiger partial charge in [0.05, 0.1) is 13.7 Å². The van der Waals surface area contributed by atoms with Crippen molar-refractivity contribution < 1.29 is 14.3 Å². The van der Waals surface area contributed by atoms with E-state index in [4.69, 9.17) is 4.74 Å². The fourth-order valence-corrected chi connectivity index (χ4v) is 2.39. The second kappa shape index (κ2) is 7.90. The van der Waals surface area contributed by atoms with Gasteiger partial charge in [-0.25, -0.2) is 14.8 Å². The molecule has 7 nitrogen and oxygen atoms in total. The van der Waals surface area contributed by atoms with Gasteiger partial charge in [0.15, 0.2) is 0 Å². The Kier molecular flexibility index (Phi) is 5.89. The first kappa shape index (κ1) is 15.7. The van der Waals surface area contributed by atoms with Crippen LogP contribution < -0.4 is 10.2 Å². The van der Waals surface area contributed by atoms with Crippen molar-refractivity contribution in [2.45, 2.75) is 18.9 Å². The van der Waals surface area contributed by atoms with Gasteiger partial charge in [0, 0.05) is 32.4 Å². The zero-order valence-electron chi connectivity index (χ0n) is 12.5. The van der Waals surface area contributed by atoms with Crippen LogP contribution in [-0.4, -0.2) is 62.4 Å². The molecule has 0 saturated carbocycles. The number of methoxy groups -OCH3 is 2. The maximum Gasteiger partial charge on any atom is 0.376 e. The van der Waals surface area contributed by atoms with Crippen molar-refractivity contribution in [3.05, 3.63) is 18.1 Å². The van der Waals surface area contributed by atoms with E-state index in [0.29, 0.717) is 19.2 Å². The second-order valence-electron chi connectivity index (χ2n) is 4.96. The van der Waals surface area contributed by atoms with Crippen LogP contribution in [-0.2, 0) is 9.47 Å². The van der Waals surface area contributed by atoms with E-state index >= 15 is 0 Å². The minimum Gasteiger partial charge on any atom is -0.463 e. The molecule has 1 unspecified atom stereocenters. The number of anilines is 1. The van der Waals surface area contributed by atoms with E-state index in [1.807, 2.05) is 0 Å². The molecule has 1 fully saturated rings. The topological polar surface area (TPSA) is 76.6 Å². The van der Waals surface area contributed by atoms with E-state index in [9.17, 15) is 4.79 Å². The van der Waals surface area contributed by atoms with Crippen LogP contribution in [0.2, 0.25) is 0 Å². The lowest BCUT2D eigenvalue weighted by molar-refractivity contribution is 0.0587. The van der Waals surface area contributed by atoms with Gasteiger partial charge in [-0.1, -0.05) is 0 Å². The summed E-state index contributed by atoms with van der Waals surface area (Å²) in [6.07, 6.45) is 3.93. The van der Waals surface area contributed by atoms with Gasteiger partial charge in [-0.3, -0.25) is 0 Å². The zero-order valence-corrected chi connectivity index (χ0v) is 12.5. The number of ether oxygens (including phenoxy) is 2. The third-order valence-corrected chi connectivity index (χ3v) is 3.50. The number of nitrogens with zero attached hydrogens (tertiary/aromatic N) is 3. The van der Waals surface area contributed by atoms with E-state index in [2.05, 4.69) is 24.9 Å². The summed E-state index contributed by atoms with van der Waals surface area (Å²) in [6.45, 7) is 3.21. The van der Waals surface area contributed by atoms with Crippen molar-refractivity contribution in [3.63, 3.8) is 0 Å². The second-order valence-corrected chi connectivity index (χ2v) is 4.96. The third-order valence-electron chi connectivity index (χ3n) is 3.50. The highest BCUT2D eigenvalue weighted by molar-refractivity contribution is 5.85. The van der Waals surface area contributed by atoms with E-state index < -0.39 is 5.97 Å². The Labute approximate surface area is 124 Å². The number of hydrogen-bond acceptors (Lipinski definition) is 7. The molecule has 2 heterocycles. The number of rotatable bonds is 7. The molecule has 0 aromatic carbocycles. The van der Waals surface area contributed by atoms with Gasteiger partial charge in [-0.2, -0.15) is 0 Å². The average Bonchev–Trinajstić information content (AvgIpc) is 3.03. The fraction of sp³-hybridized carbons (Fsp3) is 0.643. The first-order valence-electron chi connectivity index (χ1n) is 7.13. The molecule has 116 valence electrons. The van der Waals surface area contributed by atoms with Gasteiger partial charge in [0.25, 0.3) is 0 Å². The fourth-order valence-electron chi connectivity index (χ4n) is 2.39. The van der Waals surface area contributed by atoms with Crippen LogP contribution in [0.4, 0.5) is 5.82 Å². The molecule has 1 N–H and O–H groups in total. The minimum absolute atomic E-state index is 0.0804. The number of carbonyl (C=O) groups excluding carboxylic acids is 1. The van der Waals surface area contributed by atoms with E-state index in [1.165, 1.54) is 13.5 Å². The van der Waals surface area contributed by atoms with Gasteiger partial charge in [0.1, 0.15) is 5.82 Å². The van der Waals surface area contributed by atoms with Gasteiger partial charge < -0.3 is 19.7 Å². The molecule has 1 aromatic rings. The molecule has 0 bridgehead atoms. The van der Waals surface area contributed by atoms with Crippen molar-refractivity contribution in [1.29, 1.82) is 0 Å². The Balaban J connectivity index is 2.12. The summed E-state index contributed by atoms with van der Waals surface area (Å²) in [6, 6.07) is 2.25. The van der Waals surface area contributed by atoms with Gasteiger partial charge in [0.2, 0.25) is 5.82 Å². The standard InChI is InChI=1S/C14H22N4O3/c1-20-9-8-18(10-11-4-3-6-15-11)12-5-7-16-13(17-12)14(19)21-2/h5,7,11,15H,3-4,6,8-10H2,1-2H3. The van der Waals surface area contributed by atoms with Crippen LogP contribution in [0.15, 0.2) is 12.3 Å². The molecule has 1 aliphatic heterocycles. The van der Waals surface area contributed by atoms with Gasteiger partial charge >= 0.3 is 5.97 Å². The molecule has 0 spiro atoms. The summed E-state index contributed by atoms with van der Waals surface area (Å²) in [5.74, 6) is 0.274. The van der Waals surface area contributed by atoms with Crippen LogP contribution in [0.25, 0.3) is 0 Å². The maximum atomic E-state index is 11.5. The molecule has 1 aromatic heterocycles. The number of nitrogens with one attached hydrogen (secondary N) is 1. The quantitative estimate of drug-likeness (QED) is 0.732. The van der Waals surface area contributed by atoms with Crippen LogP contribution in [0.5, 0.6) is 0 Å². The predicted molar refractivity (Wildman–Crippen MR) is 78.5 cm³/mol. The number of esters is 1. The summed E-state index contributed by atoms with van der Waals surface area (Å²) in [5.41, 5.74) is 0. The molecule has 0 aliphatic carbocycles. The summed E-state index contributed by atoms with van der Waals surface area (Å²) in [7, 11) is 3.00. The Morgan fingerprint density at radius 3 is 3.05 bits per heavy atom. The average molecular weight is 294 g/mol. The lowest BCUT2D eigenvalue weighted by Gasteiger charge is -2.26. The normalized spacial score (nSPS) is 17.7. The zero-order chi connectivity index (χ0) is 15.1. The number of aromatic nitrogens is 2. The van der Waals surface area contributed by atoms with E-state index in [1.54, 1.807) is 19.4 Å². The minimum atomic E-state index is -0.525. The van der Waals surface area contributed by atoms with Crippen LogP contribution in [0.1, 0.15) is 23.5 Å². The summed E-state index contributed by atoms with van der Waals surface area (Å²) in [4.78, 5) is 21.9. The summed E-state index contributed by atoms with van der Waals surface area (Å²) in [5, 5.41) is 3.46. The van der Waals surface area contributed by atoms with E-state index in [0.717, 1.165) is 25.3 Å². The molecule has 2 rings (SSSR count). The number of hydrogen-bond donors (Lipinski definition) is 1. The highest BCUT2D eigenvalue weighted by Crippen LogP contribution is 2.14. The van der Waals surface area contributed by atoms with Crippen LogP contribution in [0.3, 0.4) is 0 Å². The molecule has 21 heavy (non-hydrogen) atoms. The molecule has 1 aliphatic rings. The van der Waals surface area contributed by atoms with Crippen molar-refractivity contribution in [1.82, 2.24) is 15.3 Å². The largest absolute Gasteiger partial charge is 0.463 e. The summed E-state index contributed by atoms with van der Waals surface area (Å²) < 4.78 is 9.83. The van der Waals surface area contributed by atoms with Gasteiger partial charge in [-0.15, -0.1) is 0 Å². The Bertz CT molecular complexity index is 463. The molecule has 0 amide bonds. The first-order valence-corrected chi connectivity index (χ1v) is 7.13. The predicted octanol–water partition coefficient (Wildman–Crippen LogP) is 0.468. The van der Waals surface area contributed by atoms with Crippen LogP contribution in [0, 0.1) is 0 Å². The third kappa shape index (κ3) is 4.37. The van der Waals surface area contributed by atoms with Crippen molar-refractivity contribution in [2.75, 3.05) is 45.4 Å². The number of carbonyl (C=O) groups is 1. The van der Waals surface area contributed by atoms with Crippen molar-refractivity contribution >= 4 is 11.8 Å². The molecule has 1 saturated heterocycles. The lowest BCUT2D eigenvalue weighted by Crippen LogP contribution is -2.39. The lowest BCUT2D eigenvalue weighted by atomic mass is 10.2. The first-order chi connectivity index (χ1) is 10.2. The Morgan fingerprint density at radius 1 is 1.52 bits per heavy atom. The molecule has 7 heteroatoms. The summed E-state index contributed by atoms with van der Waals surface area (Å²) >= 11 is 0. The highest BCUT2D eigenvalue weighted by atomic mass is 16.5. The monoisotopic (exact) mass is 294 g/mol. The highest BCUT2D eigenvalue weighted by Gasteiger charge is 2.20. The smallest absolute Gasteiger partial charge is 0.376 e. The van der Waals surface area contributed by atoms with Crippen LogP contribution >= 0.6 is 0 Å². The molecular weight excluding hydrogens is 272 g/mol. The van der Waals surface area contributed by atoms with Crippen molar-refractivity contribution in [2.24, 2.45) is 0 Å². The maximum absolute atomic E-state index is 11.5. The van der Waals surface area contributed by atoms with Crippen molar-refractivity contribution in [3.8, 4) is 0 Å². The molecule has 0 radical (unpaired) electrons. The molecular formula is C14H22N4O3.